The van der Waals surface area contributed by atoms with E-state index in [4.69, 9.17) is 0 Å². The van der Waals surface area contributed by atoms with Crippen LogP contribution < -0.4 is 10.2 Å². The van der Waals surface area contributed by atoms with Gasteiger partial charge in [0.2, 0.25) is 5.91 Å². The third kappa shape index (κ3) is 5.29. The molecule has 1 aromatic heterocycles. The molecule has 2 heterocycles. The lowest BCUT2D eigenvalue weighted by atomic mass is 10.0. The highest BCUT2D eigenvalue weighted by Crippen LogP contribution is 2.16. The molecule has 2 N–H and O–H groups in total. The number of carbonyl (C=O) groups excluding carboxylic acids is 1. The molecule has 1 saturated heterocycles. The Morgan fingerprint density at radius 3 is 3.10 bits per heavy atom. The molecule has 0 radical (unpaired) electrons. The summed E-state index contributed by atoms with van der Waals surface area (Å²) in [4.78, 5) is 14.6. The number of nitrogens with one attached hydrogen (secondary N) is 2. The molecule has 1 aromatic rings. The first kappa shape index (κ1) is 16.2. The van der Waals surface area contributed by atoms with Crippen LogP contribution in [-0.4, -0.2) is 31.6 Å². The van der Waals surface area contributed by atoms with Crippen molar-refractivity contribution >= 4 is 23.3 Å². The molecule has 0 aromatic carbocycles. The van der Waals surface area contributed by atoms with Crippen LogP contribution >= 0.6 is 11.3 Å². The molecule has 0 aliphatic carbocycles. The van der Waals surface area contributed by atoms with Gasteiger partial charge in [0, 0.05) is 23.9 Å². The van der Waals surface area contributed by atoms with Crippen LogP contribution in [0, 0.1) is 6.92 Å². The SMILES string of the molecule is Cc1ccsc1/C=C/C(=O)NCCC[NH+]1CCCC[C@@H]1C. The monoisotopic (exact) mass is 307 g/mol. The Morgan fingerprint density at radius 2 is 2.38 bits per heavy atom. The Hall–Kier alpha value is -1.13. The van der Waals surface area contributed by atoms with Gasteiger partial charge in [-0.2, -0.15) is 0 Å². The number of rotatable bonds is 6. The van der Waals surface area contributed by atoms with Gasteiger partial charge in [0.15, 0.2) is 0 Å². The third-order valence-electron chi connectivity index (χ3n) is 4.34. The average molecular weight is 307 g/mol. The number of hydrogen-bond acceptors (Lipinski definition) is 2. The number of amides is 1. The summed E-state index contributed by atoms with van der Waals surface area (Å²) >= 11 is 1.67. The lowest BCUT2D eigenvalue weighted by Crippen LogP contribution is -3.16. The first-order valence-corrected chi connectivity index (χ1v) is 8.89. The van der Waals surface area contributed by atoms with Crippen molar-refractivity contribution < 1.29 is 9.69 Å². The maximum atomic E-state index is 11.8. The normalized spacial score (nSPS) is 22.6. The highest BCUT2D eigenvalue weighted by Gasteiger charge is 2.20. The Kier molecular flexibility index (Phi) is 6.46. The summed E-state index contributed by atoms with van der Waals surface area (Å²) in [6.45, 7) is 7.67. The molecule has 116 valence electrons. The van der Waals surface area contributed by atoms with E-state index in [0.29, 0.717) is 0 Å². The van der Waals surface area contributed by atoms with Crippen molar-refractivity contribution in [1.82, 2.24) is 5.32 Å². The number of aryl methyl sites for hydroxylation is 1. The van der Waals surface area contributed by atoms with Crippen molar-refractivity contribution in [2.24, 2.45) is 0 Å². The van der Waals surface area contributed by atoms with Crippen LogP contribution in [-0.2, 0) is 4.79 Å². The van der Waals surface area contributed by atoms with Crippen LogP contribution in [0.15, 0.2) is 17.5 Å². The molecule has 0 bridgehead atoms. The second-order valence-electron chi connectivity index (χ2n) is 6.00. The first-order valence-electron chi connectivity index (χ1n) is 8.01. The van der Waals surface area contributed by atoms with Crippen LogP contribution in [0.4, 0.5) is 0 Å². The number of hydrogen-bond donors (Lipinski definition) is 2. The van der Waals surface area contributed by atoms with E-state index < -0.39 is 0 Å². The molecule has 3 nitrogen and oxygen atoms in total. The topological polar surface area (TPSA) is 33.5 Å². The van der Waals surface area contributed by atoms with E-state index in [9.17, 15) is 4.79 Å². The van der Waals surface area contributed by atoms with Crippen LogP contribution in [0.2, 0.25) is 0 Å². The Bertz CT molecular complexity index is 481. The van der Waals surface area contributed by atoms with E-state index in [2.05, 4.69) is 30.6 Å². The average Bonchev–Trinajstić information content (AvgIpc) is 2.88. The van der Waals surface area contributed by atoms with Gasteiger partial charge in [0.05, 0.1) is 19.1 Å². The van der Waals surface area contributed by atoms with Crippen molar-refractivity contribution in [3.8, 4) is 0 Å². The van der Waals surface area contributed by atoms with Gasteiger partial charge in [-0.3, -0.25) is 4.79 Å². The van der Waals surface area contributed by atoms with E-state index in [0.717, 1.165) is 23.9 Å². The molecule has 0 spiro atoms. The van der Waals surface area contributed by atoms with Crippen LogP contribution in [0.3, 0.4) is 0 Å². The summed E-state index contributed by atoms with van der Waals surface area (Å²) in [6.07, 6.45) is 8.72. The van der Waals surface area contributed by atoms with Gasteiger partial charge in [0.1, 0.15) is 0 Å². The van der Waals surface area contributed by atoms with Gasteiger partial charge in [0.25, 0.3) is 0 Å². The van der Waals surface area contributed by atoms with E-state index in [-0.39, 0.29) is 5.91 Å². The highest BCUT2D eigenvalue weighted by molar-refractivity contribution is 7.11. The molecule has 1 amide bonds. The molecule has 2 atom stereocenters. The maximum absolute atomic E-state index is 11.8. The Balaban J connectivity index is 1.63. The van der Waals surface area contributed by atoms with Crippen molar-refractivity contribution in [1.29, 1.82) is 0 Å². The number of likely N-dealkylation sites (tertiary alicyclic amines) is 1. The highest BCUT2D eigenvalue weighted by atomic mass is 32.1. The largest absolute Gasteiger partial charge is 0.352 e. The zero-order chi connectivity index (χ0) is 15.1. The van der Waals surface area contributed by atoms with E-state index >= 15 is 0 Å². The van der Waals surface area contributed by atoms with Gasteiger partial charge >= 0.3 is 0 Å². The second-order valence-corrected chi connectivity index (χ2v) is 6.95. The standard InChI is InChI=1S/C17H26N2OS/c1-14-9-13-21-16(14)7-8-17(20)18-10-5-12-19-11-4-3-6-15(19)2/h7-9,13,15H,3-6,10-12H2,1-2H3,(H,18,20)/p+1/b8-7+/t15-/m0/s1. The zero-order valence-electron chi connectivity index (χ0n) is 13.2. The molecule has 1 fully saturated rings. The fourth-order valence-corrected chi connectivity index (χ4v) is 3.74. The van der Waals surface area contributed by atoms with Gasteiger partial charge in [-0.05, 0) is 56.2 Å². The van der Waals surface area contributed by atoms with Crippen molar-refractivity contribution in [2.45, 2.75) is 45.6 Å². The Labute approximate surface area is 132 Å². The quantitative estimate of drug-likeness (QED) is 0.612. The summed E-state index contributed by atoms with van der Waals surface area (Å²) in [6, 6.07) is 2.86. The van der Waals surface area contributed by atoms with Crippen molar-refractivity contribution in [3.05, 3.63) is 28.0 Å². The maximum Gasteiger partial charge on any atom is 0.244 e. The molecule has 2 rings (SSSR count). The predicted octanol–water partition coefficient (Wildman–Crippen LogP) is 2.03. The van der Waals surface area contributed by atoms with Gasteiger partial charge in [-0.25, -0.2) is 0 Å². The van der Waals surface area contributed by atoms with Crippen LogP contribution in [0.25, 0.3) is 6.08 Å². The fraction of sp³-hybridized carbons (Fsp3) is 0.588. The molecule has 0 saturated carbocycles. The summed E-state index contributed by atoms with van der Waals surface area (Å²) < 4.78 is 0. The van der Waals surface area contributed by atoms with E-state index in [1.807, 2.05) is 6.08 Å². The van der Waals surface area contributed by atoms with Crippen molar-refractivity contribution in [2.75, 3.05) is 19.6 Å². The molecule has 21 heavy (non-hydrogen) atoms. The molecule has 1 aliphatic rings. The lowest BCUT2D eigenvalue weighted by Gasteiger charge is -2.30. The Morgan fingerprint density at radius 1 is 1.52 bits per heavy atom. The predicted molar refractivity (Wildman–Crippen MR) is 89.7 cm³/mol. The smallest absolute Gasteiger partial charge is 0.244 e. The first-order chi connectivity index (χ1) is 10.2. The third-order valence-corrected chi connectivity index (χ3v) is 5.33. The molecular formula is C17H27N2OS+. The number of carbonyl (C=O) groups is 1. The van der Waals surface area contributed by atoms with Crippen molar-refractivity contribution in [3.63, 3.8) is 0 Å². The number of thiophene rings is 1. The molecule has 4 heteroatoms. The number of quaternary nitrogens is 1. The zero-order valence-corrected chi connectivity index (χ0v) is 14.0. The van der Waals surface area contributed by atoms with E-state index in [1.165, 1.54) is 37.9 Å². The second kappa shape index (κ2) is 8.35. The van der Waals surface area contributed by atoms with Gasteiger partial charge in [-0.1, -0.05) is 0 Å². The summed E-state index contributed by atoms with van der Waals surface area (Å²) in [5, 5.41) is 5.04. The molecule has 1 unspecified atom stereocenters. The summed E-state index contributed by atoms with van der Waals surface area (Å²) in [5.41, 5.74) is 1.23. The van der Waals surface area contributed by atoms with Crippen LogP contribution in [0.1, 0.15) is 43.0 Å². The minimum Gasteiger partial charge on any atom is -0.352 e. The van der Waals surface area contributed by atoms with Gasteiger partial charge < -0.3 is 10.2 Å². The minimum atomic E-state index is 0.0180. The molecule has 1 aliphatic heterocycles. The summed E-state index contributed by atoms with van der Waals surface area (Å²) in [5.74, 6) is 0.0180. The molecular weight excluding hydrogens is 280 g/mol. The van der Waals surface area contributed by atoms with E-state index in [1.54, 1.807) is 22.3 Å². The minimum absolute atomic E-state index is 0.0180. The fourth-order valence-electron chi connectivity index (χ4n) is 2.92. The summed E-state index contributed by atoms with van der Waals surface area (Å²) in [7, 11) is 0. The van der Waals surface area contributed by atoms with Gasteiger partial charge in [-0.15, -0.1) is 11.3 Å². The van der Waals surface area contributed by atoms with Crippen LogP contribution in [0.5, 0.6) is 0 Å². The number of piperidine rings is 1. The lowest BCUT2D eigenvalue weighted by molar-refractivity contribution is -0.928.